The van der Waals surface area contributed by atoms with E-state index in [1.54, 1.807) is 0 Å². The largest absolute Gasteiger partial charge is 0.347 e. The van der Waals surface area contributed by atoms with E-state index in [0.717, 1.165) is 29.7 Å². The number of imidazole rings is 1. The zero-order valence-electron chi connectivity index (χ0n) is 15.4. The van der Waals surface area contributed by atoms with Gasteiger partial charge in [0.2, 0.25) is 11.8 Å². The number of hydrogen-bond acceptors (Lipinski definition) is 3. The van der Waals surface area contributed by atoms with Crippen molar-refractivity contribution in [3.05, 3.63) is 30.1 Å². The Morgan fingerprint density at radius 3 is 2.52 bits per heavy atom. The van der Waals surface area contributed by atoms with E-state index in [4.69, 9.17) is 0 Å². The monoisotopic (exact) mass is 344 g/mol. The van der Waals surface area contributed by atoms with Gasteiger partial charge in [-0.3, -0.25) is 9.59 Å². The first-order chi connectivity index (χ1) is 12.0. The fourth-order valence-electron chi connectivity index (χ4n) is 2.59. The summed E-state index contributed by atoms with van der Waals surface area (Å²) in [6.45, 7) is 7.94. The number of rotatable bonds is 8. The zero-order chi connectivity index (χ0) is 18.4. The molecule has 0 aliphatic heterocycles. The molecule has 6 nitrogen and oxygen atoms in total. The number of benzene rings is 1. The summed E-state index contributed by atoms with van der Waals surface area (Å²) in [7, 11) is 0. The number of nitrogens with zero attached hydrogens (tertiary/aromatic N) is 1. The number of carbonyl (C=O) groups excluding carboxylic acids is 2. The molecule has 1 aromatic heterocycles. The number of amides is 2. The van der Waals surface area contributed by atoms with E-state index < -0.39 is 0 Å². The summed E-state index contributed by atoms with van der Waals surface area (Å²) < 4.78 is 0. The first kappa shape index (κ1) is 19.0. The molecule has 2 rings (SSSR count). The third-order valence-corrected chi connectivity index (χ3v) is 4.71. The van der Waals surface area contributed by atoms with Crippen LogP contribution in [0.3, 0.4) is 0 Å². The number of aromatic amines is 1. The molecule has 1 heterocycles. The van der Waals surface area contributed by atoms with Crippen LogP contribution < -0.4 is 10.6 Å². The summed E-state index contributed by atoms with van der Waals surface area (Å²) in [5.74, 6) is 0.573. The van der Waals surface area contributed by atoms with Gasteiger partial charge in [0.15, 0.2) is 0 Å². The minimum absolute atomic E-state index is 0.0175. The lowest BCUT2D eigenvalue weighted by atomic mass is 9.98. The van der Waals surface area contributed by atoms with Crippen molar-refractivity contribution in [1.29, 1.82) is 0 Å². The number of hydrogen-bond donors (Lipinski definition) is 3. The maximum absolute atomic E-state index is 12.3. The molecule has 0 radical (unpaired) electrons. The van der Waals surface area contributed by atoms with Gasteiger partial charge in [0.25, 0.3) is 0 Å². The first-order valence-electron chi connectivity index (χ1n) is 8.97. The van der Waals surface area contributed by atoms with Crippen LogP contribution in [-0.4, -0.2) is 28.3 Å². The van der Waals surface area contributed by atoms with Crippen molar-refractivity contribution in [3.8, 4) is 0 Å². The maximum atomic E-state index is 12.3. The van der Waals surface area contributed by atoms with Crippen molar-refractivity contribution in [2.75, 3.05) is 6.54 Å². The van der Waals surface area contributed by atoms with Crippen molar-refractivity contribution in [2.24, 2.45) is 11.8 Å². The van der Waals surface area contributed by atoms with Crippen molar-refractivity contribution in [2.45, 2.75) is 46.6 Å². The number of H-pyrrole nitrogens is 1. The van der Waals surface area contributed by atoms with Crippen molar-refractivity contribution >= 4 is 22.8 Å². The van der Waals surface area contributed by atoms with E-state index in [1.165, 1.54) is 0 Å². The minimum Gasteiger partial charge on any atom is -0.347 e. The van der Waals surface area contributed by atoms with Crippen LogP contribution in [0.4, 0.5) is 0 Å². The van der Waals surface area contributed by atoms with Gasteiger partial charge in [-0.1, -0.05) is 46.2 Å². The molecule has 136 valence electrons. The van der Waals surface area contributed by atoms with Crippen LogP contribution in [0.5, 0.6) is 0 Å². The average Bonchev–Trinajstić information content (AvgIpc) is 3.06. The molecule has 6 heteroatoms. The van der Waals surface area contributed by atoms with Crippen molar-refractivity contribution in [3.63, 3.8) is 0 Å². The second kappa shape index (κ2) is 8.65. The summed E-state index contributed by atoms with van der Waals surface area (Å²) in [6, 6.07) is 7.58. The van der Waals surface area contributed by atoms with E-state index in [0.29, 0.717) is 0 Å². The molecule has 0 saturated heterocycles. The van der Waals surface area contributed by atoms with E-state index in [9.17, 15) is 9.59 Å². The van der Waals surface area contributed by atoms with Crippen molar-refractivity contribution in [1.82, 2.24) is 20.6 Å². The highest BCUT2D eigenvalue weighted by molar-refractivity contribution is 5.85. The molecule has 25 heavy (non-hydrogen) atoms. The minimum atomic E-state index is -0.217. The Kier molecular flexibility index (Phi) is 6.56. The zero-order valence-corrected chi connectivity index (χ0v) is 15.4. The van der Waals surface area contributed by atoms with Gasteiger partial charge >= 0.3 is 0 Å². The molecule has 0 aliphatic carbocycles. The van der Waals surface area contributed by atoms with Crippen LogP contribution in [0.25, 0.3) is 11.0 Å². The summed E-state index contributed by atoms with van der Waals surface area (Å²) in [6.07, 6.45) is 1.66. The summed E-state index contributed by atoms with van der Waals surface area (Å²) in [5, 5.41) is 5.70. The first-order valence-corrected chi connectivity index (χ1v) is 8.97. The molecule has 0 saturated carbocycles. The fourth-order valence-corrected chi connectivity index (χ4v) is 2.59. The topological polar surface area (TPSA) is 86.9 Å². The maximum Gasteiger partial charge on any atom is 0.239 e. The van der Waals surface area contributed by atoms with E-state index in [-0.39, 0.29) is 36.2 Å². The Labute approximate surface area is 148 Å². The molecule has 0 bridgehead atoms. The average molecular weight is 344 g/mol. The van der Waals surface area contributed by atoms with Gasteiger partial charge in [0.1, 0.15) is 5.82 Å². The Balaban J connectivity index is 2.07. The lowest BCUT2D eigenvalue weighted by molar-refractivity contribution is -0.128. The van der Waals surface area contributed by atoms with Gasteiger partial charge in [-0.15, -0.1) is 0 Å². The van der Waals surface area contributed by atoms with Crippen LogP contribution >= 0.6 is 0 Å². The van der Waals surface area contributed by atoms with E-state index >= 15 is 0 Å². The van der Waals surface area contributed by atoms with E-state index in [1.807, 2.05) is 38.1 Å². The SMILES string of the molecule is CC[C@H](C)C(=O)NCC(=O)N[C@@H](c1nc2ccccc2[nH]1)[C@@H](C)CC. The number of aromatic nitrogens is 2. The molecule has 3 N–H and O–H groups in total. The molecule has 0 unspecified atom stereocenters. The molecule has 1 aromatic carbocycles. The van der Waals surface area contributed by atoms with Crippen LogP contribution in [-0.2, 0) is 9.59 Å². The third kappa shape index (κ3) is 4.81. The van der Waals surface area contributed by atoms with Crippen LogP contribution in [0.1, 0.15) is 52.4 Å². The predicted molar refractivity (Wildman–Crippen MR) is 98.9 cm³/mol. The van der Waals surface area contributed by atoms with Crippen LogP contribution in [0.15, 0.2) is 24.3 Å². The molecule has 2 aromatic rings. The molecular formula is C19H28N4O2. The highest BCUT2D eigenvalue weighted by Gasteiger charge is 2.24. The molecule has 0 aliphatic rings. The highest BCUT2D eigenvalue weighted by atomic mass is 16.2. The van der Waals surface area contributed by atoms with Crippen LogP contribution in [0, 0.1) is 11.8 Å². The molecule has 3 atom stereocenters. The van der Waals surface area contributed by atoms with Crippen LogP contribution in [0.2, 0.25) is 0 Å². The second-order valence-corrected chi connectivity index (χ2v) is 6.60. The molecule has 0 fully saturated rings. The van der Waals surface area contributed by atoms with Gasteiger partial charge in [-0.05, 0) is 24.5 Å². The van der Waals surface area contributed by atoms with Gasteiger partial charge in [0, 0.05) is 5.92 Å². The Morgan fingerprint density at radius 1 is 1.16 bits per heavy atom. The van der Waals surface area contributed by atoms with Gasteiger partial charge in [-0.2, -0.15) is 0 Å². The smallest absolute Gasteiger partial charge is 0.239 e. The van der Waals surface area contributed by atoms with Crippen molar-refractivity contribution < 1.29 is 9.59 Å². The number of carbonyl (C=O) groups is 2. The molecular weight excluding hydrogens is 316 g/mol. The Bertz CT molecular complexity index is 692. The van der Waals surface area contributed by atoms with Gasteiger partial charge in [0.05, 0.1) is 23.6 Å². The predicted octanol–water partition coefficient (Wildman–Crippen LogP) is 2.93. The number of nitrogens with one attached hydrogen (secondary N) is 3. The summed E-state index contributed by atoms with van der Waals surface area (Å²) in [4.78, 5) is 32.1. The molecule has 2 amide bonds. The molecule has 0 spiro atoms. The lowest BCUT2D eigenvalue weighted by Gasteiger charge is -2.22. The Hall–Kier alpha value is -2.37. The lowest BCUT2D eigenvalue weighted by Crippen LogP contribution is -2.42. The summed E-state index contributed by atoms with van der Waals surface area (Å²) >= 11 is 0. The Morgan fingerprint density at radius 2 is 1.88 bits per heavy atom. The third-order valence-electron chi connectivity index (χ3n) is 4.71. The normalized spacial score (nSPS) is 14.7. The van der Waals surface area contributed by atoms with Gasteiger partial charge < -0.3 is 15.6 Å². The number of para-hydroxylation sites is 2. The van der Waals surface area contributed by atoms with E-state index in [2.05, 4.69) is 34.4 Å². The highest BCUT2D eigenvalue weighted by Crippen LogP contribution is 2.24. The number of fused-ring (bicyclic) bond motifs is 1. The quantitative estimate of drug-likeness (QED) is 0.688. The standard InChI is InChI=1S/C19H28N4O2/c1-5-12(3)17(18-21-14-9-7-8-10-15(14)22-18)23-16(24)11-20-19(25)13(4)6-2/h7-10,12-13,17H,5-6,11H2,1-4H3,(H,20,25)(H,21,22)(H,23,24)/t12-,13-,17+/m0/s1. The van der Waals surface area contributed by atoms with Gasteiger partial charge in [-0.25, -0.2) is 4.98 Å². The second-order valence-electron chi connectivity index (χ2n) is 6.60. The fraction of sp³-hybridized carbons (Fsp3) is 0.526. The summed E-state index contributed by atoms with van der Waals surface area (Å²) in [5.41, 5.74) is 1.83.